The Morgan fingerprint density at radius 2 is 1.84 bits per heavy atom. The average molecular weight is 451 g/mol. The zero-order valence-corrected chi connectivity index (χ0v) is 19.9. The molecular weight excluding hydrogens is 420 g/mol. The van der Waals surface area contributed by atoms with Crippen LogP contribution in [-0.2, 0) is 11.3 Å². The fourth-order valence-corrected chi connectivity index (χ4v) is 3.99. The van der Waals surface area contributed by atoms with E-state index >= 15 is 0 Å². The Labute approximate surface area is 194 Å². The van der Waals surface area contributed by atoms with Crippen LogP contribution >= 0.6 is 11.8 Å². The summed E-state index contributed by atoms with van der Waals surface area (Å²) in [6.07, 6.45) is 1.80. The SMILES string of the molecule is C=CCn1c(SCC(=O)Nc2cc(C)cc(C)c2)nnc1-c1ccc(OCC(C)C)cc1. The number of amides is 1. The third-order valence-corrected chi connectivity index (χ3v) is 5.53. The van der Waals surface area contributed by atoms with E-state index in [9.17, 15) is 4.79 Å². The monoisotopic (exact) mass is 450 g/mol. The summed E-state index contributed by atoms with van der Waals surface area (Å²) < 4.78 is 7.73. The predicted molar refractivity (Wildman–Crippen MR) is 131 cm³/mol. The van der Waals surface area contributed by atoms with Crippen molar-refractivity contribution in [3.8, 4) is 17.1 Å². The number of rotatable bonds is 10. The van der Waals surface area contributed by atoms with E-state index in [2.05, 4.69) is 42.0 Å². The van der Waals surface area contributed by atoms with Gasteiger partial charge in [-0.3, -0.25) is 9.36 Å². The number of carbonyl (C=O) groups excluding carboxylic acids is 1. The molecule has 1 N–H and O–H groups in total. The highest BCUT2D eigenvalue weighted by molar-refractivity contribution is 7.99. The van der Waals surface area contributed by atoms with Gasteiger partial charge in [-0.2, -0.15) is 0 Å². The summed E-state index contributed by atoms with van der Waals surface area (Å²) in [5.41, 5.74) is 3.97. The van der Waals surface area contributed by atoms with E-state index in [1.54, 1.807) is 6.08 Å². The van der Waals surface area contributed by atoms with Gasteiger partial charge in [0.1, 0.15) is 5.75 Å². The van der Waals surface area contributed by atoms with Crippen LogP contribution in [0.15, 0.2) is 60.3 Å². The molecule has 6 nitrogen and oxygen atoms in total. The molecule has 0 bridgehead atoms. The van der Waals surface area contributed by atoms with Gasteiger partial charge in [0.2, 0.25) is 5.91 Å². The van der Waals surface area contributed by atoms with Crippen LogP contribution in [0.4, 0.5) is 5.69 Å². The Morgan fingerprint density at radius 3 is 2.47 bits per heavy atom. The van der Waals surface area contributed by atoms with Gasteiger partial charge in [-0.15, -0.1) is 16.8 Å². The molecule has 0 saturated carbocycles. The average Bonchev–Trinajstić information content (AvgIpc) is 3.13. The highest BCUT2D eigenvalue weighted by atomic mass is 32.2. The number of thioether (sulfide) groups is 1. The number of nitrogens with zero attached hydrogens (tertiary/aromatic N) is 3. The van der Waals surface area contributed by atoms with E-state index in [1.807, 2.05) is 54.8 Å². The normalized spacial score (nSPS) is 10.9. The van der Waals surface area contributed by atoms with E-state index in [0.717, 1.165) is 34.0 Å². The van der Waals surface area contributed by atoms with Gasteiger partial charge < -0.3 is 10.1 Å². The Balaban J connectivity index is 1.69. The molecule has 3 rings (SSSR count). The molecule has 1 amide bonds. The fourth-order valence-electron chi connectivity index (χ4n) is 3.24. The first-order chi connectivity index (χ1) is 15.4. The standard InChI is InChI=1S/C25H30N4O2S/c1-6-11-29-24(20-7-9-22(10-8-20)31-15-17(2)3)27-28-25(29)32-16-23(30)26-21-13-18(4)12-19(5)14-21/h6-10,12-14,17H,1,11,15-16H2,2-5H3,(H,26,30). The molecule has 0 atom stereocenters. The fraction of sp³-hybridized carbons (Fsp3) is 0.320. The van der Waals surface area contributed by atoms with Gasteiger partial charge in [0, 0.05) is 17.8 Å². The lowest BCUT2D eigenvalue weighted by Crippen LogP contribution is -2.15. The lowest BCUT2D eigenvalue weighted by atomic mass is 10.1. The molecule has 0 saturated heterocycles. The number of carbonyl (C=O) groups is 1. The molecule has 7 heteroatoms. The van der Waals surface area contributed by atoms with Crippen LogP contribution in [0.1, 0.15) is 25.0 Å². The van der Waals surface area contributed by atoms with E-state index < -0.39 is 0 Å². The Bertz CT molecular complexity index is 1050. The van der Waals surface area contributed by atoms with Crippen LogP contribution in [0.5, 0.6) is 5.75 Å². The zero-order valence-electron chi connectivity index (χ0n) is 19.1. The lowest BCUT2D eigenvalue weighted by Gasteiger charge is -2.10. The summed E-state index contributed by atoms with van der Waals surface area (Å²) in [6, 6.07) is 13.8. The second kappa shape index (κ2) is 11.0. The number of hydrogen-bond acceptors (Lipinski definition) is 5. The number of benzene rings is 2. The zero-order chi connectivity index (χ0) is 23.1. The van der Waals surface area contributed by atoms with Crippen molar-refractivity contribution >= 4 is 23.4 Å². The molecule has 0 fully saturated rings. The topological polar surface area (TPSA) is 69.0 Å². The van der Waals surface area contributed by atoms with Crippen LogP contribution in [0.2, 0.25) is 0 Å². The van der Waals surface area contributed by atoms with Crippen molar-refractivity contribution in [3.05, 3.63) is 66.2 Å². The maximum Gasteiger partial charge on any atom is 0.234 e. The van der Waals surface area contributed by atoms with Gasteiger partial charge in [-0.05, 0) is 67.3 Å². The highest BCUT2D eigenvalue weighted by Crippen LogP contribution is 2.26. The summed E-state index contributed by atoms with van der Waals surface area (Å²) in [4.78, 5) is 12.5. The van der Waals surface area contributed by atoms with Gasteiger partial charge in [-0.1, -0.05) is 37.8 Å². The number of aryl methyl sites for hydroxylation is 2. The van der Waals surface area contributed by atoms with Crippen LogP contribution in [0.3, 0.4) is 0 Å². The van der Waals surface area contributed by atoms with E-state index in [1.165, 1.54) is 11.8 Å². The lowest BCUT2D eigenvalue weighted by molar-refractivity contribution is -0.113. The Kier molecular flexibility index (Phi) is 8.11. The third-order valence-electron chi connectivity index (χ3n) is 4.56. The number of aromatic nitrogens is 3. The van der Waals surface area contributed by atoms with Crippen molar-refractivity contribution in [2.75, 3.05) is 17.7 Å². The van der Waals surface area contributed by atoms with Gasteiger partial charge in [-0.25, -0.2) is 0 Å². The second-order valence-corrected chi connectivity index (χ2v) is 9.09. The third kappa shape index (κ3) is 6.47. The quantitative estimate of drug-likeness (QED) is 0.326. The van der Waals surface area contributed by atoms with E-state index in [-0.39, 0.29) is 11.7 Å². The highest BCUT2D eigenvalue weighted by Gasteiger charge is 2.15. The molecule has 1 aromatic heterocycles. The van der Waals surface area contributed by atoms with E-state index in [0.29, 0.717) is 24.2 Å². The summed E-state index contributed by atoms with van der Waals surface area (Å²) in [5, 5.41) is 12.3. The van der Waals surface area contributed by atoms with Crippen LogP contribution in [0.25, 0.3) is 11.4 Å². The smallest absolute Gasteiger partial charge is 0.234 e. The summed E-state index contributed by atoms with van der Waals surface area (Å²) in [6.45, 7) is 13.3. The molecule has 0 aliphatic rings. The Hall–Kier alpha value is -3.06. The van der Waals surface area contributed by atoms with Crippen molar-refractivity contribution < 1.29 is 9.53 Å². The summed E-state index contributed by atoms with van der Waals surface area (Å²) in [7, 11) is 0. The van der Waals surface area contributed by atoms with Gasteiger partial charge >= 0.3 is 0 Å². The van der Waals surface area contributed by atoms with Crippen LogP contribution in [-0.4, -0.2) is 33.0 Å². The number of anilines is 1. The van der Waals surface area contributed by atoms with Crippen molar-refractivity contribution in [2.45, 2.75) is 39.4 Å². The molecule has 0 aliphatic carbocycles. The summed E-state index contributed by atoms with van der Waals surface area (Å²) >= 11 is 1.36. The molecule has 0 radical (unpaired) electrons. The minimum Gasteiger partial charge on any atom is -0.493 e. The molecule has 0 aliphatic heterocycles. The number of nitrogens with one attached hydrogen (secondary N) is 1. The first-order valence-electron chi connectivity index (χ1n) is 10.6. The van der Waals surface area contributed by atoms with Crippen LogP contribution in [0, 0.1) is 19.8 Å². The van der Waals surface area contributed by atoms with E-state index in [4.69, 9.17) is 4.74 Å². The molecule has 32 heavy (non-hydrogen) atoms. The van der Waals surface area contributed by atoms with Crippen LogP contribution < -0.4 is 10.1 Å². The first-order valence-corrected chi connectivity index (χ1v) is 11.6. The molecular formula is C25H30N4O2S. The molecule has 168 valence electrons. The van der Waals surface area contributed by atoms with Gasteiger partial charge in [0.25, 0.3) is 0 Å². The largest absolute Gasteiger partial charge is 0.493 e. The van der Waals surface area contributed by atoms with Crippen molar-refractivity contribution in [2.24, 2.45) is 5.92 Å². The molecule has 3 aromatic rings. The molecule has 1 heterocycles. The molecule has 0 unspecified atom stereocenters. The number of allylic oxidation sites excluding steroid dienone is 1. The van der Waals surface area contributed by atoms with Crippen molar-refractivity contribution in [1.82, 2.24) is 14.8 Å². The second-order valence-electron chi connectivity index (χ2n) is 8.15. The van der Waals surface area contributed by atoms with Gasteiger partial charge in [0.15, 0.2) is 11.0 Å². The van der Waals surface area contributed by atoms with Crippen molar-refractivity contribution in [1.29, 1.82) is 0 Å². The first kappa shape index (κ1) is 23.6. The maximum atomic E-state index is 12.5. The van der Waals surface area contributed by atoms with Crippen molar-refractivity contribution in [3.63, 3.8) is 0 Å². The minimum absolute atomic E-state index is 0.0821. The minimum atomic E-state index is -0.0821. The number of ether oxygens (including phenoxy) is 1. The Morgan fingerprint density at radius 1 is 1.16 bits per heavy atom. The van der Waals surface area contributed by atoms with Gasteiger partial charge in [0.05, 0.1) is 12.4 Å². The predicted octanol–water partition coefficient (Wildman–Crippen LogP) is 5.51. The summed E-state index contributed by atoms with van der Waals surface area (Å²) in [5.74, 6) is 2.19. The number of hydrogen-bond donors (Lipinski definition) is 1. The molecule has 2 aromatic carbocycles. The maximum absolute atomic E-state index is 12.5. The molecule has 0 spiro atoms.